The summed E-state index contributed by atoms with van der Waals surface area (Å²) in [6.45, 7) is 5.38. The fourth-order valence-corrected chi connectivity index (χ4v) is 2.00. The molecule has 1 atom stereocenters. The lowest BCUT2D eigenvalue weighted by atomic mass is 10.1. The van der Waals surface area contributed by atoms with E-state index in [1.807, 2.05) is 26.8 Å². The van der Waals surface area contributed by atoms with Crippen LogP contribution >= 0.6 is 15.9 Å². The van der Waals surface area contributed by atoms with E-state index in [0.29, 0.717) is 0 Å². The van der Waals surface area contributed by atoms with Gasteiger partial charge in [-0.15, -0.1) is 0 Å². The van der Waals surface area contributed by atoms with Crippen molar-refractivity contribution in [2.75, 3.05) is 13.8 Å². The first kappa shape index (κ1) is 14.7. The second-order valence-electron chi connectivity index (χ2n) is 4.41. The molecule has 0 aliphatic heterocycles. The van der Waals surface area contributed by atoms with Gasteiger partial charge < -0.3 is 9.47 Å². The largest absolute Gasteiger partial charge is 0.498 e. The van der Waals surface area contributed by atoms with E-state index in [4.69, 9.17) is 9.47 Å². The van der Waals surface area contributed by atoms with Crippen molar-refractivity contribution in [1.29, 1.82) is 0 Å². The highest BCUT2D eigenvalue weighted by Crippen LogP contribution is 2.42. The lowest BCUT2D eigenvalue weighted by molar-refractivity contribution is -0.0369. The zero-order valence-electron chi connectivity index (χ0n) is 10.8. The Morgan fingerprint density at radius 2 is 2.12 bits per heavy atom. The normalized spacial score (nSPS) is 21.9. The molecule has 0 aromatic heterocycles. The molecule has 1 rings (SSSR count). The standard InChI is InChI=1S/C13H20BrFO2/c1-5-11(14)9(2)12(16-4)10(3)17-13(8-15)6-7-13/h5,10H,6-8H2,1-4H3. The third-order valence-electron chi connectivity index (χ3n) is 3.05. The van der Waals surface area contributed by atoms with Gasteiger partial charge in [0, 0.05) is 10.1 Å². The Kier molecular flexibility index (Phi) is 5.20. The van der Waals surface area contributed by atoms with E-state index in [2.05, 4.69) is 15.9 Å². The second-order valence-corrected chi connectivity index (χ2v) is 5.26. The van der Waals surface area contributed by atoms with E-state index < -0.39 is 12.3 Å². The first-order valence-corrected chi connectivity index (χ1v) is 6.59. The monoisotopic (exact) mass is 306 g/mol. The number of hydrogen-bond acceptors (Lipinski definition) is 2. The van der Waals surface area contributed by atoms with Crippen LogP contribution in [0.4, 0.5) is 4.39 Å². The summed E-state index contributed by atoms with van der Waals surface area (Å²) in [6.07, 6.45) is 3.32. The van der Waals surface area contributed by atoms with Gasteiger partial charge in [0.15, 0.2) is 0 Å². The van der Waals surface area contributed by atoms with Crippen molar-refractivity contribution in [3.05, 3.63) is 21.9 Å². The van der Waals surface area contributed by atoms with Gasteiger partial charge in [-0.25, -0.2) is 4.39 Å². The van der Waals surface area contributed by atoms with E-state index in [1.165, 1.54) is 0 Å². The zero-order valence-corrected chi connectivity index (χ0v) is 12.4. The van der Waals surface area contributed by atoms with Crippen LogP contribution in [-0.2, 0) is 9.47 Å². The Labute approximate surface area is 111 Å². The highest BCUT2D eigenvalue weighted by molar-refractivity contribution is 9.12. The van der Waals surface area contributed by atoms with Gasteiger partial charge in [-0.3, -0.25) is 0 Å². The summed E-state index contributed by atoms with van der Waals surface area (Å²) in [5, 5.41) is 0. The Morgan fingerprint density at radius 1 is 1.53 bits per heavy atom. The quantitative estimate of drug-likeness (QED) is 0.543. The molecule has 0 amide bonds. The molecule has 1 unspecified atom stereocenters. The summed E-state index contributed by atoms with van der Waals surface area (Å²) in [7, 11) is 1.61. The number of halogens is 2. The van der Waals surface area contributed by atoms with Gasteiger partial charge in [-0.2, -0.15) is 0 Å². The molecule has 0 N–H and O–H groups in total. The average molecular weight is 307 g/mol. The molecule has 0 aromatic rings. The van der Waals surface area contributed by atoms with Crippen LogP contribution in [0.2, 0.25) is 0 Å². The van der Waals surface area contributed by atoms with Crippen LogP contribution in [0.5, 0.6) is 0 Å². The van der Waals surface area contributed by atoms with Gasteiger partial charge >= 0.3 is 0 Å². The first-order valence-electron chi connectivity index (χ1n) is 5.80. The van der Waals surface area contributed by atoms with E-state index in [9.17, 15) is 4.39 Å². The van der Waals surface area contributed by atoms with Crippen molar-refractivity contribution < 1.29 is 13.9 Å². The van der Waals surface area contributed by atoms with Crippen LogP contribution in [0.1, 0.15) is 33.6 Å². The number of rotatable bonds is 6. The van der Waals surface area contributed by atoms with E-state index in [-0.39, 0.29) is 6.10 Å². The fourth-order valence-electron chi connectivity index (χ4n) is 1.81. The van der Waals surface area contributed by atoms with Gasteiger partial charge in [0.2, 0.25) is 0 Å². The maximum absolute atomic E-state index is 12.8. The molecule has 0 heterocycles. The second kappa shape index (κ2) is 6.01. The summed E-state index contributed by atoms with van der Waals surface area (Å²) < 4.78 is 24.9. The number of hydrogen-bond donors (Lipinski definition) is 0. The van der Waals surface area contributed by atoms with Crippen LogP contribution < -0.4 is 0 Å². The first-order chi connectivity index (χ1) is 7.99. The third-order valence-corrected chi connectivity index (χ3v) is 4.10. The molecule has 1 fully saturated rings. The molecule has 4 heteroatoms. The van der Waals surface area contributed by atoms with Gasteiger partial charge in [0.1, 0.15) is 18.5 Å². The van der Waals surface area contributed by atoms with Crippen molar-refractivity contribution in [1.82, 2.24) is 0 Å². The van der Waals surface area contributed by atoms with Crippen LogP contribution in [0.25, 0.3) is 0 Å². The molecule has 0 saturated heterocycles. The SMILES string of the molecule is CC=C(Br)C(C)=C(OC)C(C)OC1(CF)CC1. The van der Waals surface area contributed by atoms with Crippen molar-refractivity contribution in [3.8, 4) is 0 Å². The Morgan fingerprint density at radius 3 is 2.47 bits per heavy atom. The predicted octanol–water partition coefficient (Wildman–Crippen LogP) is 4.11. The van der Waals surface area contributed by atoms with Crippen LogP contribution in [0.15, 0.2) is 21.9 Å². The van der Waals surface area contributed by atoms with Gasteiger partial charge in [-0.1, -0.05) is 22.0 Å². The minimum atomic E-state index is -0.550. The fraction of sp³-hybridized carbons (Fsp3) is 0.692. The third kappa shape index (κ3) is 3.55. The lowest BCUT2D eigenvalue weighted by Gasteiger charge is -2.23. The summed E-state index contributed by atoms with van der Waals surface area (Å²) in [5.74, 6) is 0.745. The van der Waals surface area contributed by atoms with Gasteiger partial charge in [0.05, 0.1) is 12.7 Å². The van der Waals surface area contributed by atoms with Crippen molar-refractivity contribution >= 4 is 15.9 Å². The number of ether oxygens (including phenoxy) is 2. The molecule has 1 saturated carbocycles. The molecular weight excluding hydrogens is 287 g/mol. The summed E-state index contributed by atoms with van der Waals surface area (Å²) in [4.78, 5) is 0. The van der Waals surface area contributed by atoms with Crippen molar-refractivity contribution in [3.63, 3.8) is 0 Å². The average Bonchev–Trinajstić information content (AvgIpc) is 3.09. The molecule has 1 aliphatic carbocycles. The smallest absolute Gasteiger partial charge is 0.128 e. The van der Waals surface area contributed by atoms with Crippen LogP contribution in [0, 0.1) is 0 Å². The maximum atomic E-state index is 12.8. The van der Waals surface area contributed by atoms with Crippen LogP contribution in [-0.4, -0.2) is 25.5 Å². The van der Waals surface area contributed by atoms with Crippen molar-refractivity contribution in [2.45, 2.75) is 45.3 Å². The molecule has 17 heavy (non-hydrogen) atoms. The van der Waals surface area contributed by atoms with Crippen molar-refractivity contribution in [2.24, 2.45) is 0 Å². The van der Waals surface area contributed by atoms with E-state index in [0.717, 1.165) is 28.7 Å². The molecule has 1 aliphatic rings. The molecule has 0 bridgehead atoms. The van der Waals surface area contributed by atoms with Gasteiger partial charge in [-0.05, 0) is 33.6 Å². The number of allylic oxidation sites excluding steroid dienone is 3. The molecule has 0 aromatic carbocycles. The van der Waals surface area contributed by atoms with Crippen LogP contribution in [0.3, 0.4) is 0 Å². The number of alkyl halides is 1. The highest BCUT2D eigenvalue weighted by Gasteiger charge is 2.46. The topological polar surface area (TPSA) is 18.5 Å². The Bertz CT molecular complexity index is 332. The molecule has 0 radical (unpaired) electrons. The molecule has 0 spiro atoms. The Balaban J connectivity index is 2.80. The minimum absolute atomic E-state index is 0.231. The predicted molar refractivity (Wildman–Crippen MR) is 70.9 cm³/mol. The maximum Gasteiger partial charge on any atom is 0.128 e. The van der Waals surface area contributed by atoms with E-state index >= 15 is 0 Å². The molecule has 98 valence electrons. The molecule has 2 nitrogen and oxygen atoms in total. The summed E-state index contributed by atoms with van der Waals surface area (Å²) in [6, 6.07) is 0. The van der Waals surface area contributed by atoms with E-state index in [1.54, 1.807) is 7.11 Å². The minimum Gasteiger partial charge on any atom is -0.498 e. The summed E-state index contributed by atoms with van der Waals surface area (Å²) >= 11 is 3.46. The highest BCUT2D eigenvalue weighted by atomic mass is 79.9. The zero-order chi connectivity index (χ0) is 13.1. The molecular formula is C13H20BrFO2. The summed E-state index contributed by atoms with van der Waals surface area (Å²) in [5.41, 5.74) is 0.434. The Hall–Kier alpha value is -0.350. The lowest BCUT2D eigenvalue weighted by Crippen LogP contribution is -2.26. The number of methoxy groups -OCH3 is 1. The van der Waals surface area contributed by atoms with Gasteiger partial charge in [0.25, 0.3) is 0 Å².